The summed E-state index contributed by atoms with van der Waals surface area (Å²) in [4.78, 5) is 20.9. The van der Waals surface area contributed by atoms with Gasteiger partial charge in [0.05, 0.1) is 0 Å². The van der Waals surface area contributed by atoms with E-state index < -0.39 is 0 Å². The number of amides is 1. The highest BCUT2D eigenvalue weighted by Crippen LogP contribution is 2.21. The molecule has 1 aliphatic rings. The topological polar surface area (TPSA) is 66.9 Å². The van der Waals surface area contributed by atoms with Gasteiger partial charge in [0.15, 0.2) is 0 Å². The van der Waals surface area contributed by atoms with Gasteiger partial charge in [0.1, 0.15) is 23.2 Å². The minimum absolute atomic E-state index is 0.125. The maximum Gasteiger partial charge on any atom is 0.270 e. The Hall–Kier alpha value is -2.50. The van der Waals surface area contributed by atoms with Crippen molar-refractivity contribution in [1.82, 2.24) is 15.3 Å². The molecule has 1 aliphatic carbocycles. The second-order valence-corrected chi connectivity index (χ2v) is 6.09. The molecular weight excluding hydrogens is 307 g/mol. The zero-order valence-corrected chi connectivity index (χ0v) is 13.7. The van der Waals surface area contributed by atoms with Gasteiger partial charge in [-0.2, -0.15) is 0 Å². The standard InChI is InChI=1S/C18H21FN4O/c1-12-21-16(10-17(22-12)23-14-7-3-4-8-14)18(24)20-11-13-6-2-5-9-15(13)19/h2,5-6,9-10,14H,3-4,7-8,11H2,1H3,(H,20,24)(H,21,22,23). The fourth-order valence-corrected chi connectivity index (χ4v) is 2.95. The summed E-state index contributed by atoms with van der Waals surface area (Å²) in [7, 11) is 0. The normalized spacial score (nSPS) is 14.6. The molecule has 24 heavy (non-hydrogen) atoms. The maximum absolute atomic E-state index is 13.6. The van der Waals surface area contributed by atoms with Crippen molar-refractivity contribution in [2.75, 3.05) is 5.32 Å². The van der Waals surface area contributed by atoms with Crippen LogP contribution >= 0.6 is 0 Å². The van der Waals surface area contributed by atoms with E-state index in [1.165, 1.54) is 18.9 Å². The van der Waals surface area contributed by atoms with Gasteiger partial charge >= 0.3 is 0 Å². The van der Waals surface area contributed by atoms with E-state index in [2.05, 4.69) is 20.6 Å². The maximum atomic E-state index is 13.6. The van der Waals surface area contributed by atoms with Gasteiger partial charge in [-0.3, -0.25) is 4.79 Å². The molecule has 126 valence electrons. The number of nitrogens with zero attached hydrogens (tertiary/aromatic N) is 2. The van der Waals surface area contributed by atoms with E-state index in [1.807, 2.05) is 0 Å². The minimum atomic E-state index is -0.335. The van der Waals surface area contributed by atoms with Crippen LogP contribution in [0.25, 0.3) is 0 Å². The average Bonchev–Trinajstić information content (AvgIpc) is 3.06. The van der Waals surface area contributed by atoms with Crippen LogP contribution in [0.5, 0.6) is 0 Å². The van der Waals surface area contributed by atoms with E-state index in [0.29, 0.717) is 28.9 Å². The lowest BCUT2D eigenvalue weighted by Gasteiger charge is -2.14. The second kappa shape index (κ2) is 7.38. The summed E-state index contributed by atoms with van der Waals surface area (Å²) >= 11 is 0. The molecule has 3 rings (SSSR count). The number of carbonyl (C=O) groups is 1. The number of hydrogen-bond acceptors (Lipinski definition) is 4. The first kappa shape index (κ1) is 16.4. The van der Waals surface area contributed by atoms with Crippen molar-refractivity contribution in [3.05, 3.63) is 53.2 Å². The summed E-state index contributed by atoms with van der Waals surface area (Å²) in [6, 6.07) is 8.45. The molecule has 2 N–H and O–H groups in total. The summed E-state index contributed by atoms with van der Waals surface area (Å²) in [5, 5.41) is 6.08. The van der Waals surface area contributed by atoms with Gasteiger partial charge in [0.2, 0.25) is 0 Å². The monoisotopic (exact) mass is 328 g/mol. The highest BCUT2D eigenvalue weighted by atomic mass is 19.1. The molecule has 1 amide bonds. The molecular formula is C18H21FN4O. The third kappa shape index (κ3) is 4.07. The number of rotatable bonds is 5. The first-order valence-corrected chi connectivity index (χ1v) is 8.25. The lowest BCUT2D eigenvalue weighted by atomic mass is 10.2. The van der Waals surface area contributed by atoms with Crippen molar-refractivity contribution < 1.29 is 9.18 Å². The Morgan fingerprint density at radius 2 is 2.00 bits per heavy atom. The lowest BCUT2D eigenvalue weighted by Crippen LogP contribution is -2.25. The van der Waals surface area contributed by atoms with Crippen molar-refractivity contribution in [3.63, 3.8) is 0 Å². The predicted octanol–water partition coefficient (Wildman–Crippen LogP) is 3.21. The summed E-state index contributed by atoms with van der Waals surface area (Å²) in [6.07, 6.45) is 4.69. The van der Waals surface area contributed by atoms with E-state index in [0.717, 1.165) is 12.8 Å². The average molecular weight is 328 g/mol. The predicted molar refractivity (Wildman–Crippen MR) is 90.2 cm³/mol. The van der Waals surface area contributed by atoms with Crippen LogP contribution in [0.4, 0.5) is 10.2 Å². The van der Waals surface area contributed by atoms with Crippen LogP contribution in [0.3, 0.4) is 0 Å². The van der Waals surface area contributed by atoms with Gasteiger partial charge in [-0.25, -0.2) is 14.4 Å². The van der Waals surface area contributed by atoms with Crippen LogP contribution < -0.4 is 10.6 Å². The van der Waals surface area contributed by atoms with E-state index in [4.69, 9.17) is 0 Å². The van der Waals surface area contributed by atoms with Gasteiger partial charge in [-0.15, -0.1) is 0 Å². The Bertz CT molecular complexity index is 729. The van der Waals surface area contributed by atoms with Crippen LogP contribution in [0.15, 0.2) is 30.3 Å². The Morgan fingerprint density at radius 3 is 2.75 bits per heavy atom. The Kier molecular flexibility index (Phi) is 5.03. The summed E-state index contributed by atoms with van der Waals surface area (Å²) in [5.41, 5.74) is 0.736. The van der Waals surface area contributed by atoms with E-state index in [1.54, 1.807) is 31.2 Å². The van der Waals surface area contributed by atoms with Crippen molar-refractivity contribution in [2.45, 2.75) is 45.2 Å². The van der Waals surface area contributed by atoms with Gasteiger partial charge in [-0.05, 0) is 25.8 Å². The number of aryl methyl sites for hydroxylation is 1. The van der Waals surface area contributed by atoms with Gasteiger partial charge in [-0.1, -0.05) is 31.0 Å². The van der Waals surface area contributed by atoms with Crippen LogP contribution in [-0.2, 0) is 6.54 Å². The van der Waals surface area contributed by atoms with Crippen LogP contribution in [0.1, 0.15) is 47.6 Å². The molecule has 0 unspecified atom stereocenters. The molecule has 0 bridgehead atoms. The number of hydrogen-bond donors (Lipinski definition) is 2. The number of benzene rings is 1. The van der Waals surface area contributed by atoms with Gasteiger partial charge in [0.25, 0.3) is 5.91 Å². The lowest BCUT2D eigenvalue weighted by molar-refractivity contribution is 0.0945. The Morgan fingerprint density at radius 1 is 1.25 bits per heavy atom. The summed E-state index contributed by atoms with van der Waals surface area (Å²) in [5.74, 6) is 0.540. The second-order valence-electron chi connectivity index (χ2n) is 6.09. The molecule has 0 radical (unpaired) electrons. The molecule has 0 spiro atoms. The van der Waals surface area contributed by atoms with Crippen molar-refractivity contribution in [2.24, 2.45) is 0 Å². The Balaban J connectivity index is 1.67. The summed E-state index contributed by atoms with van der Waals surface area (Å²) in [6.45, 7) is 1.88. The van der Waals surface area contributed by atoms with Crippen molar-refractivity contribution in [3.8, 4) is 0 Å². The van der Waals surface area contributed by atoms with Gasteiger partial charge < -0.3 is 10.6 Å². The fourth-order valence-electron chi connectivity index (χ4n) is 2.95. The molecule has 0 saturated heterocycles. The number of aromatic nitrogens is 2. The third-order valence-corrected chi connectivity index (χ3v) is 4.17. The highest BCUT2D eigenvalue weighted by Gasteiger charge is 2.17. The molecule has 0 aliphatic heterocycles. The number of anilines is 1. The van der Waals surface area contributed by atoms with Crippen LogP contribution in [0.2, 0.25) is 0 Å². The number of nitrogens with one attached hydrogen (secondary N) is 2. The zero-order chi connectivity index (χ0) is 16.9. The highest BCUT2D eigenvalue weighted by molar-refractivity contribution is 5.92. The first-order chi connectivity index (χ1) is 11.6. The van der Waals surface area contributed by atoms with E-state index in [-0.39, 0.29) is 18.3 Å². The smallest absolute Gasteiger partial charge is 0.270 e. The van der Waals surface area contributed by atoms with Crippen molar-refractivity contribution >= 4 is 11.7 Å². The SMILES string of the molecule is Cc1nc(NC2CCCC2)cc(C(=O)NCc2ccccc2F)n1. The molecule has 2 aromatic rings. The molecule has 5 nitrogen and oxygen atoms in total. The van der Waals surface area contributed by atoms with E-state index >= 15 is 0 Å². The van der Waals surface area contributed by atoms with Gasteiger partial charge in [0, 0.05) is 24.2 Å². The molecule has 6 heteroatoms. The molecule has 0 atom stereocenters. The number of carbonyl (C=O) groups excluding carboxylic acids is 1. The fraction of sp³-hybridized carbons (Fsp3) is 0.389. The van der Waals surface area contributed by atoms with Crippen LogP contribution in [0, 0.1) is 12.7 Å². The molecule has 1 saturated carbocycles. The third-order valence-electron chi connectivity index (χ3n) is 4.17. The van der Waals surface area contributed by atoms with Crippen LogP contribution in [-0.4, -0.2) is 21.9 Å². The zero-order valence-electron chi connectivity index (χ0n) is 13.7. The molecule has 1 aromatic heterocycles. The first-order valence-electron chi connectivity index (χ1n) is 8.25. The largest absolute Gasteiger partial charge is 0.367 e. The minimum Gasteiger partial charge on any atom is -0.367 e. The molecule has 1 heterocycles. The van der Waals surface area contributed by atoms with E-state index in [9.17, 15) is 9.18 Å². The quantitative estimate of drug-likeness (QED) is 0.884. The Labute approximate surface area is 140 Å². The molecule has 1 fully saturated rings. The number of halogens is 1. The summed E-state index contributed by atoms with van der Waals surface area (Å²) < 4.78 is 13.6. The molecule has 1 aromatic carbocycles. The van der Waals surface area contributed by atoms with Crippen molar-refractivity contribution in [1.29, 1.82) is 0 Å².